The van der Waals surface area contributed by atoms with Crippen molar-refractivity contribution >= 4 is 71.6 Å². The van der Waals surface area contributed by atoms with Gasteiger partial charge in [-0.15, -0.1) is 6.58 Å². The molecule has 19 heteroatoms. The molecule has 4 rings (SSSR count). The zero-order chi connectivity index (χ0) is 52.4. The van der Waals surface area contributed by atoms with Crippen LogP contribution in [0.3, 0.4) is 0 Å². The maximum Gasteiger partial charge on any atom is 0.288 e. The minimum atomic E-state index is -2.97. The highest BCUT2D eigenvalue weighted by molar-refractivity contribution is 6.81. The Morgan fingerprint density at radius 1 is 0.843 bits per heavy atom. The first kappa shape index (κ1) is 57.6. The van der Waals surface area contributed by atoms with Crippen LogP contribution in [0.25, 0.3) is 11.1 Å². The van der Waals surface area contributed by atoms with Crippen LogP contribution in [0.2, 0.25) is 54.4 Å². The van der Waals surface area contributed by atoms with E-state index in [4.69, 9.17) is 14.6 Å². The van der Waals surface area contributed by atoms with E-state index in [9.17, 15) is 24.3 Å². The Labute approximate surface area is 418 Å². The molecule has 6 bridgehead atoms. The van der Waals surface area contributed by atoms with Crippen molar-refractivity contribution < 1.29 is 47.5 Å². The largest absolute Gasteiger partial charge is 0.507 e. The minimum Gasteiger partial charge on any atom is -0.507 e. The lowest BCUT2D eigenvalue weighted by atomic mass is 9.83. The van der Waals surface area contributed by atoms with Gasteiger partial charge in [0.15, 0.2) is 22.2 Å². The van der Waals surface area contributed by atoms with Gasteiger partial charge in [0.25, 0.3) is 11.8 Å². The number of anilines is 1. The summed E-state index contributed by atoms with van der Waals surface area (Å²) in [6.07, 6.45) is -0.442. The summed E-state index contributed by atoms with van der Waals surface area (Å²) in [4.78, 5) is 101. The lowest BCUT2D eigenvalue weighted by Gasteiger charge is -2.48. The van der Waals surface area contributed by atoms with Gasteiger partial charge in [0.2, 0.25) is 29.4 Å². The van der Waals surface area contributed by atoms with Crippen LogP contribution in [0.4, 0.5) is 5.69 Å². The van der Waals surface area contributed by atoms with Gasteiger partial charge in [0.1, 0.15) is 30.0 Å². The van der Waals surface area contributed by atoms with Gasteiger partial charge >= 0.3 is 0 Å². The minimum absolute atomic E-state index is 0.165. The van der Waals surface area contributed by atoms with Crippen molar-refractivity contribution in [1.29, 1.82) is 0 Å². The van der Waals surface area contributed by atoms with Gasteiger partial charge in [0, 0.05) is 34.7 Å². The lowest BCUT2D eigenvalue weighted by molar-refractivity contribution is -0.151. The fourth-order valence-corrected chi connectivity index (χ4v) is 19.8. The number of phenols is 1. The number of aromatic hydroxyl groups is 1. The second kappa shape index (κ2) is 24.4. The molecule has 0 aliphatic carbocycles. The van der Waals surface area contributed by atoms with Crippen LogP contribution in [-0.2, 0) is 54.4 Å². The summed E-state index contributed by atoms with van der Waals surface area (Å²) in [6.45, 7) is 25.9. The molecule has 386 valence electrons. The Morgan fingerprint density at radius 2 is 1.44 bits per heavy atom. The van der Waals surface area contributed by atoms with Crippen molar-refractivity contribution in [3.05, 3.63) is 60.2 Å². The quantitative estimate of drug-likeness (QED) is 0.0347. The van der Waals surface area contributed by atoms with Crippen molar-refractivity contribution in [3.8, 4) is 16.9 Å². The number of nitrogens with one attached hydrogen (secondary N) is 5. The molecule has 2 heterocycles. The molecule has 8 N–H and O–H groups in total. The fraction of sp³-hybridized carbons (Fsp3) is 0.588. The van der Waals surface area contributed by atoms with Crippen molar-refractivity contribution in [1.82, 2.24) is 21.3 Å². The number of carbonyl (C=O) groups excluding carboxylic acids is 7. The van der Waals surface area contributed by atoms with Gasteiger partial charge < -0.3 is 46.3 Å². The third-order valence-electron chi connectivity index (χ3n) is 16.0. The van der Waals surface area contributed by atoms with E-state index in [0.717, 1.165) is 18.1 Å². The molecule has 70 heavy (non-hydrogen) atoms. The Kier molecular flexibility index (Phi) is 20.1. The van der Waals surface area contributed by atoms with Gasteiger partial charge in [-0.2, -0.15) is 0 Å². The number of phenolic OH excluding ortho intramolecular Hbond substituents is 1. The summed E-state index contributed by atoms with van der Waals surface area (Å²) in [5, 5.41) is 26.2. The topological polar surface area (TPSA) is 244 Å². The van der Waals surface area contributed by atoms with Crippen LogP contribution in [0, 0.1) is 5.92 Å². The van der Waals surface area contributed by atoms with E-state index in [1.807, 2.05) is 41.5 Å². The summed E-state index contributed by atoms with van der Waals surface area (Å²) in [5.74, 6) is -6.82. The molecule has 0 aromatic heterocycles. The van der Waals surface area contributed by atoms with E-state index >= 15 is 14.4 Å². The molecule has 0 spiro atoms. The van der Waals surface area contributed by atoms with Gasteiger partial charge in [-0.05, 0) is 60.4 Å². The molecule has 2 aromatic rings. The molecule has 2 aliphatic rings. The number of fused-ring (bicyclic) bond motifs is 3. The average molecular weight is 1020 g/mol. The first-order chi connectivity index (χ1) is 33.2. The third kappa shape index (κ3) is 11.7. The van der Waals surface area contributed by atoms with Crippen LogP contribution < -0.4 is 32.3 Å². The van der Waals surface area contributed by atoms with E-state index in [1.165, 1.54) is 6.07 Å². The van der Waals surface area contributed by atoms with Gasteiger partial charge in [-0.1, -0.05) is 125 Å². The molecule has 2 aliphatic heterocycles. The number of rotatable bonds is 23. The standard InChI is InChI=1S/C51H80N6O10Si3/c1-13-32(12)44(60)49(64)54-37-30-33-27-28-39(58)35(29-33)34-25-24-26-36-42(34)57-50(65)51(36,67-70(21-9,22-10)23-11)45(66-69(18-6,19-7)20-8)43(56-47(62)38(31-40(52)59)53-46(37)61)48(63)55-41(14-2)68(15-3,16-4)17-5/h14,24-29,32,37-38,41,43,45,58H,2,13,15-23,30-31H2,1,3-12H3,(H2,52,59)(H,53,61)(H,54,64)(H,55,63)(H,56,62)(H,57,65)/t32?,37-,38-,41?,43-,45+,51-/m0/s1. The Balaban J connectivity index is 2.25. The number of hydrogen-bond donors (Lipinski definition) is 7. The SMILES string of the molecule is C=CC(NC(=O)[C@H]1NC(=O)[C@H](CC(N)=O)NC(=O)[C@@H](NC(=O)C(=O)C(C)CC)Cc2ccc(O)c(c2)-c2cccc3c2NC(=O)[C@@]3(O[Si](CC)(CC)CC)[C@@H]1O[Si](CC)(CC)CC)[Si](CC)(CC)CC. The summed E-state index contributed by atoms with van der Waals surface area (Å²) < 4.78 is 15.2. The second-order valence-corrected chi connectivity index (χ2v) is 34.0. The smallest absolute Gasteiger partial charge is 0.288 e. The molecule has 0 radical (unpaired) electrons. The zero-order valence-corrected chi connectivity index (χ0v) is 46.4. The van der Waals surface area contributed by atoms with Crippen molar-refractivity contribution in [2.24, 2.45) is 11.7 Å². The van der Waals surface area contributed by atoms with E-state index in [0.29, 0.717) is 65.1 Å². The molecule has 7 atom stereocenters. The van der Waals surface area contributed by atoms with Crippen LogP contribution >= 0.6 is 0 Å². The molecular weight excluding hydrogens is 941 g/mol. The second-order valence-electron chi connectivity index (χ2n) is 19.2. The maximum atomic E-state index is 15.8. The van der Waals surface area contributed by atoms with E-state index in [2.05, 4.69) is 53.9 Å². The van der Waals surface area contributed by atoms with Gasteiger partial charge in [-0.3, -0.25) is 33.6 Å². The van der Waals surface area contributed by atoms with Crippen LogP contribution in [0.1, 0.15) is 100 Å². The lowest BCUT2D eigenvalue weighted by Crippen LogP contribution is -2.70. The number of benzene rings is 2. The number of carbonyl (C=O) groups is 7. The highest BCUT2D eigenvalue weighted by atomic mass is 28.4. The summed E-state index contributed by atoms with van der Waals surface area (Å²) in [6, 6.07) is 10.8. The van der Waals surface area contributed by atoms with E-state index < -0.39 is 114 Å². The predicted octanol–water partition coefficient (Wildman–Crippen LogP) is 6.84. The number of amides is 6. The summed E-state index contributed by atoms with van der Waals surface area (Å²) >= 11 is 0. The Bertz CT molecular complexity index is 2240. The highest BCUT2D eigenvalue weighted by Crippen LogP contribution is 2.52. The predicted molar refractivity (Wildman–Crippen MR) is 281 cm³/mol. The Hall–Kier alpha value is -4.96. The first-order valence-corrected chi connectivity index (χ1v) is 33.3. The molecule has 16 nitrogen and oxygen atoms in total. The average Bonchev–Trinajstić information content (AvgIpc) is 3.65. The van der Waals surface area contributed by atoms with Crippen LogP contribution in [0.5, 0.6) is 5.75 Å². The van der Waals surface area contributed by atoms with Crippen molar-refractivity contribution in [2.75, 3.05) is 5.32 Å². The monoisotopic (exact) mass is 1020 g/mol. The molecule has 2 unspecified atom stereocenters. The first-order valence-electron chi connectivity index (χ1n) is 25.5. The molecule has 0 saturated heterocycles. The summed E-state index contributed by atoms with van der Waals surface area (Å²) in [5.41, 5.74) is 4.93. The summed E-state index contributed by atoms with van der Waals surface area (Å²) in [7, 11) is -8.25. The molecule has 0 saturated carbocycles. The number of nitrogens with two attached hydrogens (primary N) is 1. The van der Waals surface area contributed by atoms with Crippen molar-refractivity contribution in [3.63, 3.8) is 0 Å². The van der Waals surface area contributed by atoms with Crippen molar-refractivity contribution in [2.45, 2.75) is 185 Å². The molecule has 2 aromatic carbocycles. The molecule has 6 amide bonds. The number of ketones is 1. The number of hydrogen-bond acceptors (Lipinski definition) is 10. The normalized spacial score (nSPS) is 21.7. The third-order valence-corrected chi connectivity index (χ3v) is 31.2. The Morgan fingerprint density at radius 3 is 1.97 bits per heavy atom. The fourth-order valence-electron chi connectivity index (χ4n) is 10.3. The number of primary amides is 1. The maximum absolute atomic E-state index is 15.8. The van der Waals surface area contributed by atoms with Gasteiger partial charge in [-0.25, -0.2) is 0 Å². The zero-order valence-electron chi connectivity index (χ0n) is 43.4. The van der Waals surface area contributed by atoms with Crippen LogP contribution in [0.15, 0.2) is 49.1 Å². The number of para-hydroxylation sites is 1. The van der Waals surface area contributed by atoms with E-state index in [-0.39, 0.29) is 17.7 Å². The number of Topliss-reactive ketones (excluding diaryl/α,β-unsaturated/α-hetero) is 1. The molecule has 0 fully saturated rings. The van der Waals surface area contributed by atoms with E-state index in [1.54, 1.807) is 50.3 Å². The van der Waals surface area contributed by atoms with Gasteiger partial charge in [0.05, 0.1) is 20.2 Å². The molecular formula is C51H80N6O10Si3. The van der Waals surface area contributed by atoms with Crippen LogP contribution in [-0.4, -0.2) is 101 Å². The highest BCUT2D eigenvalue weighted by Gasteiger charge is 2.63.